The molecule has 1 aliphatic heterocycles. The first-order chi connectivity index (χ1) is 11.6. The first kappa shape index (κ1) is 21.5. The minimum Gasteiger partial charge on any atom is -0.465 e. The van der Waals surface area contributed by atoms with Gasteiger partial charge in [-0.2, -0.15) is 0 Å². The van der Waals surface area contributed by atoms with Gasteiger partial charge in [-0.3, -0.25) is 4.79 Å². The second-order valence-electron chi connectivity index (χ2n) is 6.56. The van der Waals surface area contributed by atoms with E-state index < -0.39 is 0 Å². The molecule has 0 bridgehead atoms. The van der Waals surface area contributed by atoms with E-state index in [-0.39, 0.29) is 24.3 Å². The van der Waals surface area contributed by atoms with Crippen molar-refractivity contribution in [3.05, 3.63) is 35.4 Å². The number of hydrogen-bond acceptors (Lipinski definition) is 4. The number of methoxy groups -OCH3 is 1. The minimum atomic E-state index is -0.332. The van der Waals surface area contributed by atoms with Crippen molar-refractivity contribution in [2.75, 3.05) is 26.7 Å². The van der Waals surface area contributed by atoms with Crippen LogP contribution in [0.25, 0.3) is 0 Å². The Morgan fingerprint density at radius 3 is 2.48 bits per heavy atom. The summed E-state index contributed by atoms with van der Waals surface area (Å²) in [4.78, 5) is 23.5. The zero-order chi connectivity index (χ0) is 17.4. The molecule has 140 valence electrons. The van der Waals surface area contributed by atoms with Gasteiger partial charge >= 0.3 is 5.97 Å². The molecule has 5 nitrogen and oxygen atoms in total. The van der Waals surface area contributed by atoms with Crippen LogP contribution in [0.1, 0.15) is 42.1 Å². The lowest BCUT2D eigenvalue weighted by atomic mass is 9.84. The van der Waals surface area contributed by atoms with E-state index in [1.54, 1.807) is 12.1 Å². The number of carbonyl (C=O) groups is 2. The number of halogens is 1. The van der Waals surface area contributed by atoms with Crippen molar-refractivity contribution in [2.24, 2.45) is 11.8 Å². The molecule has 0 radical (unpaired) electrons. The predicted molar refractivity (Wildman–Crippen MR) is 101 cm³/mol. The van der Waals surface area contributed by atoms with Crippen LogP contribution in [0, 0.1) is 11.8 Å². The van der Waals surface area contributed by atoms with Crippen LogP contribution in [0.5, 0.6) is 0 Å². The van der Waals surface area contributed by atoms with Gasteiger partial charge in [-0.1, -0.05) is 19.1 Å². The van der Waals surface area contributed by atoms with Crippen molar-refractivity contribution < 1.29 is 14.3 Å². The molecule has 1 heterocycles. The summed E-state index contributed by atoms with van der Waals surface area (Å²) in [5, 5.41) is 6.36. The quantitative estimate of drug-likeness (QED) is 0.726. The number of carbonyl (C=O) groups excluding carboxylic acids is 2. The molecule has 0 spiro atoms. The lowest BCUT2D eigenvalue weighted by molar-refractivity contribution is -0.122. The third kappa shape index (κ3) is 7.04. The summed E-state index contributed by atoms with van der Waals surface area (Å²) in [5.41, 5.74) is 1.63. The third-order valence-corrected chi connectivity index (χ3v) is 4.81. The molecule has 1 fully saturated rings. The molecule has 1 aromatic carbocycles. The van der Waals surface area contributed by atoms with E-state index in [4.69, 9.17) is 0 Å². The van der Waals surface area contributed by atoms with E-state index in [2.05, 4.69) is 22.3 Å². The van der Waals surface area contributed by atoms with Crippen molar-refractivity contribution in [3.8, 4) is 0 Å². The van der Waals surface area contributed by atoms with Crippen molar-refractivity contribution in [1.82, 2.24) is 10.6 Å². The van der Waals surface area contributed by atoms with Gasteiger partial charge in [0.15, 0.2) is 0 Å². The molecule has 0 aromatic heterocycles. The molecular weight excluding hydrogens is 340 g/mol. The zero-order valence-corrected chi connectivity index (χ0v) is 15.9. The van der Waals surface area contributed by atoms with Crippen LogP contribution in [0.3, 0.4) is 0 Å². The van der Waals surface area contributed by atoms with Crippen LogP contribution in [0.15, 0.2) is 24.3 Å². The molecule has 25 heavy (non-hydrogen) atoms. The maximum atomic E-state index is 12.1. The summed E-state index contributed by atoms with van der Waals surface area (Å²) in [6, 6.07) is 7.30. The minimum absolute atomic E-state index is 0. The van der Waals surface area contributed by atoms with Gasteiger partial charge in [0, 0.05) is 13.0 Å². The summed E-state index contributed by atoms with van der Waals surface area (Å²) in [5.74, 6) is 0.892. The fourth-order valence-electron chi connectivity index (χ4n) is 3.22. The number of nitrogens with one attached hydrogen (secondary N) is 2. The largest absolute Gasteiger partial charge is 0.465 e. The van der Waals surface area contributed by atoms with Gasteiger partial charge in [0.25, 0.3) is 0 Å². The fourth-order valence-corrected chi connectivity index (χ4v) is 3.22. The Kier molecular flexibility index (Phi) is 9.53. The van der Waals surface area contributed by atoms with E-state index in [9.17, 15) is 9.59 Å². The van der Waals surface area contributed by atoms with E-state index >= 15 is 0 Å². The van der Waals surface area contributed by atoms with Crippen LogP contribution in [0.2, 0.25) is 0 Å². The molecule has 1 atom stereocenters. The first-order valence-corrected chi connectivity index (χ1v) is 8.75. The second-order valence-corrected chi connectivity index (χ2v) is 6.56. The second kappa shape index (κ2) is 11.1. The number of piperidine rings is 1. The van der Waals surface area contributed by atoms with Gasteiger partial charge in [-0.25, -0.2) is 4.79 Å². The van der Waals surface area contributed by atoms with Gasteiger partial charge in [-0.05, 0) is 61.9 Å². The van der Waals surface area contributed by atoms with E-state index in [0.29, 0.717) is 30.4 Å². The Labute approximate surface area is 156 Å². The molecule has 1 unspecified atom stereocenters. The number of rotatable bonds is 7. The number of amides is 1. The van der Waals surface area contributed by atoms with E-state index in [1.165, 1.54) is 20.0 Å². The monoisotopic (exact) mass is 368 g/mol. The molecule has 6 heteroatoms. The third-order valence-electron chi connectivity index (χ3n) is 4.81. The Bertz CT molecular complexity index is 542. The Hall–Kier alpha value is -1.59. The molecule has 1 aliphatic rings. The topological polar surface area (TPSA) is 67.4 Å². The smallest absolute Gasteiger partial charge is 0.337 e. The van der Waals surface area contributed by atoms with Crippen LogP contribution in [0.4, 0.5) is 0 Å². The predicted octanol–water partition coefficient (Wildman–Crippen LogP) is 2.58. The van der Waals surface area contributed by atoms with Crippen LogP contribution < -0.4 is 10.6 Å². The summed E-state index contributed by atoms with van der Waals surface area (Å²) < 4.78 is 4.68. The average molecular weight is 369 g/mol. The highest BCUT2D eigenvalue weighted by molar-refractivity contribution is 5.89. The molecular formula is C19H29ClN2O3. The maximum Gasteiger partial charge on any atom is 0.337 e. The van der Waals surface area contributed by atoms with Gasteiger partial charge in [0.2, 0.25) is 5.91 Å². The number of ether oxygens (including phenoxy) is 1. The highest BCUT2D eigenvalue weighted by atomic mass is 35.5. The molecule has 2 rings (SSSR count). The molecule has 0 saturated carbocycles. The normalized spacial score (nSPS) is 15.8. The summed E-state index contributed by atoms with van der Waals surface area (Å²) >= 11 is 0. The zero-order valence-electron chi connectivity index (χ0n) is 15.0. The standard InChI is InChI=1S/C19H28N2O3.ClH/c1-14(16-8-10-20-11-9-16)13-18(22)21-12-7-15-3-5-17(6-4-15)19(23)24-2;/h3-6,14,16,20H,7-13H2,1-2H3,(H,21,22);1H. The highest BCUT2D eigenvalue weighted by Crippen LogP contribution is 2.24. The fraction of sp³-hybridized carbons (Fsp3) is 0.579. The van der Waals surface area contributed by atoms with Gasteiger partial charge in [0.1, 0.15) is 0 Å². The lowest BCUT2D eigenvalue weighted by Crippen LogP contribution is -2.34. The van der Waals surface area contributed by atoms with Crippen LogP contribution in [-0.4, -0.2) is 38.6 Å². The summed E-state index contributed by atoms with van der Waals surface area (Å²) in [7, 11) is 1.37. The van der Waals surface area contributed by atoms with E-state index in [0.717, 1.165) is 25.1 Å². The summed E-state index contributed by atoms with van der Waals surface area (Å²) in [6.07, 6.45) is 3.70. The Morgan fingerprint density at radius 1 is 1.24 bits per heavy atom. The van der Waals surface area contributed by atoms with Crippen LogP contribution in [-0.2, 0) is 16.0 Å². The van der Waals surface area contributed by atoms with E-state index in [1.807, 2.05) is 12.1 Å². The SMILES string of the molecule is COC(=O)c1ccc(CCNC(=O)CC(C)C2CCNCC2)cc1.Cl. The van der Waals surface area contributed by atoms with Gasteiger partial charge < -0.3 is 15.4 Å². The number of benzene rings is 1. The van der Waals surface area contributed by atoms with Gasteiger partial charge in [-0.15, -0.1) is 12.4 Å². The molecule has 1 saturated heterocycles. The van der Waals surface area contributed by atoms with Crippen molar-refractivity contribution >= 4 is 24.3 Å². The van der Waals surface area contributed by atoms with Crippen molar-refractivity contribution in [2.45, 2.75) is 32.6 Å². The number of esters is 1. The molecule has 1 aromatic rings. The molecule has 2 N–H and O–H groups in total. The lowest BCUT2D eigenvalue weighted by Gasteiger charge is -2.27. The van der Waals surface area contributed by atoms with Crippen molar-refractivity contribution in [1.29, 1.82) is 0 Å². The highest BCUT2D eigenvalue weighted by Gasteiger charge is 2.21. The maximum absolute atomic E-state index is 12.1. The Morgan fingerprint density at radius 2 is 1.88 bits per heavy atom. The van der Waals surface area contributed by atoms with Crippen LogP contribution >= 0.6 is 12.4 Å². The van der Waals surface area contributed by atoms with Gasteiger partial charge in [0.05, 0.1) is 12.7 Å². The molecule has 1 amide bonds. The number of hydrogen-bond donors (Lipinski definition) is 2. The Balaban J connectivity index is 0.00000312. The average Bonchev–Trinajstić information content (AvgIpc) is 2.62. The summed E-state index contributed by atoms with van der Waals surface area (Å²) in [6.45, 7) is 4.94. The molecule has 0 aliphatic carbocycles. The van der Waals surface area contributed by atoms with Crippen molar-refractivity contribution in [3.63, 3.8) is 0 Å². The first-order valence-electron chi connectivity index (χ1n) is 8.75.